The Morgan fingerprint density at radius 1 is 1.37 bits per heavy atom. The van der Waals surface area contributed by atoms with Crippen LogP contribution in [0.2, 0.25) is 0 Å². The van der Waals surface area contributed by atoms with E-state index in [1.54, 1.807) is 0 Å². The zero-order valence-corrected chi connectivity index (χ0v) is 15.0. The summed E-state index contributed by atoms with van der Waals surface area (Å²) in [5, 5.41) is 12.4. The molecule has 0 amide bonds. The first kappa shape index (κ1) is 21.3. The predicted octanol–water partition coefficient (Wildman–Crippen LogP) is 1.91. The fourth-order valence-corrected chi connectivity index (χ4v) is 3.19. The van der Waals surface area contributed by atoms with Crippen LogP contribution in [-0.4, -0.2) is 39.1 Å². The number of hydrogen-bond donors (Lipinski definition) is 2. The zero-order chi connectivity index (χ0) is 18.9. The van der Waals surface area contributed by atoms with Crippen LogP contribution in [0.3, 0.4) is 0 Å². The van der Waals surface area contributed by atoms with Crippen LogP contribution >= 0.6 is 12.4 Å². The van der Waals surface area contributed by atoms with Gasteiger partial charge in [-0.2, -0.15) is 13.2 Å². The summed E-state index contributed by atoms with van der Waals surface area (Å²) in [6, 6.07) is 2.91. The first-order chi connectivity index (χ1) is 12.3. The molecule has 0 saturated carbocycles. The number of halogens is 4. The Balaban J connectivity index is 0.00000261. The quantitative estimate of drug-likeness (QED) is 0.811. The zero-order valence-electron chi connectivity index (χ0n) is 14.2. The number of aliphatic hydroxyl groups is 1. The number of carbonyl (C=O) groups excluding carboxylic acids is 1. The lowest BCUT2D eigenvalue weighted by Gasteiger charge is -2.28. The third kappa shape index (κ3) is 4.66. The van der Waals surface area contributed by atoms with Crippen LogP contribution in [0.1, 0.15) is 24.8 Å². The lowest BCUT2D eigenvalue weighted by molar-refractivity contribution is -0.136. The predicted molar refractivity (Wildman–Crippen MR) is 94.9 cm³/mol. The molecule has 0 radical (unpaired) electrons. The van der Waals surface area contributed by atoms with Crippen molar-refractivity contribution in [2.45, 2.75) is 44.1 Å². The van der Waals surface area contributed by atoms with E-state index in [4.69, 9.17) is 0 Å². The molecule has 0 bridgehead atoms. The SMILES string of the molecule is Cl.O=C(C[C@H]1NCCC[C@@H]1O)Cn1cnc2cccc(C(F)(F)F)c2c1=O. The summed E-state index contributed by atoms with van der Waals surface area (Å²) in [6.07, 6.45) is -2.90. The molecule has 2 aromatic rings. The average molecular weight is 406 g/mol. The number of nitrogens with one attached hydrogen (secondary N) is 1. The topological polar surface area (TPSA) is 84.2 Å². The Morgan fingerprint density at radius 2 is 2.11 bits per heavy atom. The van der Waals surface area contributed by atoms with Crippen LogP contribution in [-0.2, 0) is 17.5 Å². The molecule has 2 N–H and O–H groups in total. The van der Waals surface area contributed by atoms with Crippen molar-refractivity contribution in [3.63, 3.8) is 0 Å². The van der Waals surface area contributed by atoms with Crippen LogP contribution in [0, 0.1) is 0 Å². The van der Waals surface area contributed by atoms with Gasteiger partial charge in [-0.1, -0.05) is 6.07 Å². The molecule has 2 heterocycles. The number of Topliss-reactive ketones (excluding diaryl/α,β-unsaturated/α-hetero) is 1. The number of aromatic nitrogens is 2. The van der Waals surface area contributed by atoms with Crippen molar-refractivity contribution in [3.05, 3.63) is 40.4 Å². The van der Waals surface area contributed by atoms with Gasteiger partial charge in [0.2, 0.25) is 0 Å². The van der Waals surface area contributed by atoms with Gasteiger partial charge in [-0.25, -0.2) is 4.98 Å². The highest BCUT2D eigenvalue weighted by molar-refractivity contribution is 5.85. The van der Waals surface area contributed by atoms with E-state index in [0.717, 1.165) is 23.4 Å². The van der Waals surface area contributed by atoms with Crippen LogP contribution in [0.15, 0.2) is 29.3 Å². The van der Waals surface area contributed by atoms with Gasteiger partial charge in [-0.15, -0.1) is 12.4 Å². The smallest absolute Gasteiger partial charge is 0.391 e. The van der Waals surface area contributed by atoms with Crippen molar-refractivity contribution < 1.29 is 23.1 Å². The molecule has 3 rings (SSSR count). The van der Waals surface area contributed by atoms with E-state index in [1.165, 1.54) is 12.1 Å². The van der Waals surface area contributed by atoms with Crippen molar-refractivity contribution in [2.24, 2.45) is 0 Å². The van der Waals surface area contributed by atoms with Gasteiger partial charge in [0.1, 0.15) is 0 Å². The van der Waals surface area contributed by atoms with Crippen molar-refractivity contribution >= 4 is 29.1 Å². The monoisotopic (exact) mass is 405 g/mol. The van der Waals surface area contributed by atoms with E-state index in [0.29, 0.717) is 13.0 Å². The van der Waals surface area contributed by atoms with Gasteiger partial charge in [0.15, 0.2) is 5.78 Å². The van der Waals surface area contributed by atoms with Crippen molar-refractivity contribution in [2.75, 3.05) is 6.54 Å². The molecule has 1 aromatic carbocycles. The number of fused-ring (bicyclic) bond motifs is 1. The molecule has 0 aliphatic carbocycles. The maximum Gasteiger partial charge on any atom is 0.417 e. The summed E-state index contributed by atoms with van der Waals surface area (Å²) in [6.45, 7) is 0.292. The number of benzene rings is 1. The van der Waals surface area contributed by atoms with Crippen LogP contribution in [0.5, 0.6) is 0 Å². The van der Waals surface area contributed by atoms with Gasteiger partial charge in [0, 0.05) is 12.5 Å². The molecule has 6 nitrogen and oxygen atoms in total. The fraction of sp³-hybridized carbons (Fsp3) is 0.471. The Labute approximate surface area is 158 Å². The number of rotatable bonds is 4. The first-order valence-corrected chi connectivity index (χ1v) is 8.26. The molecule has 1 aliphatic rings. The average Bonchev–Trinajstić information content (AvgIpc) is 2.58. The van der Waals surface area contributed by atoms with Crippen molar-refractivity contribution in [1.29, 1.82) is 0 Å². The molecule has 1 fully saturated rings. The van der Waals surface area contributed by atoms with Crippen LogP contribution < -0.4 is 10.9 Å². The van der Waals surface area contributed by atoms with E-state index in [9.17, 15) is 27.9 Å². The van der Waals surface area contributed by atoms with Gasteiger partial charge in [-0.05, 0) is 31.5 Å². The number of aliphatic hydroxyl groups excluding tert-OH is 1. The number of hydrogen-bond acceptors (Lipinski definition) is 5. The summed E-state index contributed by atoms with van der Waals surface area (Å²) >= 11 is 0. The van der Waals surface area contributed by atoms with E-state index < -0.39 is 41.4 Å². The number of carbonyl (C=O) groups is 1. The van der Waals surface area contributed by atoms with Crippen LogP contribution in [0.4, 0.5) is 13.2 Å². The van der Waals surface area contributed by atoms with Gasteiger partial charge in [-0.3, -0.25) is 14.2 Å². The highest BCUT2D eigenvalue weighted by Gasteiger charge is 2.34. The Morgan fingerprint density at radius 3 is 2.78 bits per heavy atom. The van der Waals surface area contributed by atoms with E-state index in [-0.39, 0.29) is 30.1 Å². The van der Waals surface area contributed by atoms with Crippen molar-refractivity contribution in [1.82, 2.24) is 14.9 Å². The molecule has 27 heavy (non-hydrogen) atoms. The fourth-order valence-electron chi connectivity index (χ4n) is 3.19. The second-order valence-electron chi connectivity index (χ2n) is 6.39. The molecular weight excluding hydrogens is 387 g/mol. The largest absolute Gasteiger partial charge is 0.417 e. The summed E-state index contributed by atoms with van der Waals surface area (Å²) in [7, 11) is 0. The molecule has 1 aromatic heterocycles. The summed E-state index contributed by atoms with van der Waals surface area (Å²) in [5.74, 6) is -0.365. The number of ketones is 1. The van der Waals surface area contributed by atoms with Crippen molar-refractivity contribution in [3.8, 4) is 0 Å². The highest BCUT2D eigenvalue weighted by atomic mass is 35.5. The second-order valence-corrected chi connectivity index (χ2v) is 6.39. The van der Waals surface area contributed by atoms with Gasteiger partial charge >= 0.3 is 6.18 Å². The minimum atomic E-state index is -4.69. The van der Waals surface area contributed by atoms with E-state index in [1.807, 2.05) is 0 Å². The Hall–Kier alpha value is -1.97. The number of nitrogens with zero attached hydrogens (tertiary/aromatic N) is 2. The maximum absolute atomic E-state index is 13.2. The summed E-state index contributed by atoms with van der Waals surface area (Å²) in [4.78, 5) is 28.6. The van der Waals surface area contributed by atoms with E-state index in [2.05, 4.69) is 10.3 Å². The minimum absolute atomic E-state index is 0. The van der Waals surface area contributed by atoms with Gasteiger partial charge in [0.25, 0.3) is 5.56 Å². The third-order valence-corrected chi connectivity index (χ3v) is 4.50. The highest BCUT2D eigenvalue weighted by Crippen LogP contribution is 2.32. The molecular formula is C17H19ClF3N3O3. The van der Waals surface area contributed by atoms with Gasteiger partial charge < -0.3 is 10.4 Å². The number of alkyl halides is 3. The molecule has 1 saturated heterocycles. The normalized spacial score (nSPS) is 20.3. The number of piperidine rings is 1. The second kappa shape index (κ2) is 8.37. The lowest BCUT2D eigenvalue weighted by Crippen LogP contribution is -2.46. The summed E-state index contributed by atoms with van der Waals surface area (Å²) < 4.78 is 40.4. The van der Waals surface area contributed by atoms with Gasteiger partial charge in [0.05, 0.1) is 35.4 Å². The first-order valence-electron chi connectivity index (χ1n) is 8.26. The molecule has 10 heteroatoms. The third-order valence-electron chi connectivity index (χ3n) is 4.50. The van der Waals surface area contributed by atoms with Crippen LogP contribution in [0.25, 0.3) is 10.9 Å². The molecule has 2 atom stereocenters. The Bertz CT molecular complexity index is 885. The van der Waals surface area contributed by atoms with E-state index >= 15 is 0 Å². The molecule has 0 spiro atoms. The lowest BCUT2D eigenvalue weighted by atomic mass is 9.97. The minimum Gasteiger partial charge on any atom is -0.391 e. The maximum atomic E-state index is 13.2. The molecule has 1 aliphatic heterocycles. The summed E-state index contributed by atoms with van der Waals surface area (Å²) in [5.41, 5.74) is -2.05. The molecule has 0 unspecified atom stereocenters. The molecule has 148 valence electrons. The standard InChI is InChI=1S/C17H18F3N3O3.ClH/c18-17(19,20)11-3-1-4-12-15(11)16(26)23(9-22-12)8-10(24)7-13-14(25)5-2-6-21-13;/h1,3-4,9,13-14,21,25H,2,5-8H2;1H/t13-,14+;/m1./s1. The Kier molecular flexibility index (Phi) is 6.61.